The molecule has 1 saturated heterocycles. The molecular weight excluding hydrogens is 342 g/mol. The standard InChI is InChI=1S/C18H20ClN3O3/c1-13-20-8-6-16(21-13)17(23)22-9-3-7-18(24,11-22)12-25-15-5-2-4-14(19)10-15/h2,4-6,8,10,24H,3,7,9,11-12H2,1H3. The zero-order valence-electron chi connectivity index (χ0n) is 14.0. The number of ether oxygens (including phenoxy) is 1. The molecule has 0 spiro atoms. The van der Waals surface area contributed by atoms with Crippen LogP contribution in [0, 0.1) is 6.92 Å². The highest BCUT2D eigenvalue weighted by atomic mass is 35.5. The lowest BCUT2D eigenvalue weighted by atomic mass is 9.93. The predicted octanol–water partition coefficient (Wildman–Crippen LogP) is 2.48. The van der Waals surface area contributed by atoms with Gasteiger partial charge in [0, 0.05) is 17.8 Å². The molecule has 132 valence electrons. The molecule has 1 unspecified atom stereocenters. The van der Waals surface area contributed by atoms with Gasteiger partial charge in [-0.3, -0.25) is 4.79 Å². The molecule has 1 aromatic heterocycles. The van der Waals surface area contributed by atoms with Crippen LogP contribution in [0.1, 0.15) is 29.2 Å². The number of rotatable bonds is 4. The van der Waals surface area contributed by atoms with Gasteiger partial charge in [0.05, 0.1) is 6.54 Å². The van der Waals surface area contributed by atoms with Crippen LogP contribution in [-0.4, -0.2) is 51.2 Å². The Morgan fingerprint density at radius 2 is 2.28 bits per heavy atom. The Kier molecular flexibility index (Phi) is 5.20. The van der Waals surface area contributed by atoms with E-state index in [1.807, 2.05) is 0 Å². The van der Waals surface area contributed by atoms with Crippen molar-refractivity contribution in [3.8, 4) is 5.75 Å². The van der Waals surface area contributed by atoms with Crippen molar-refractivity contribution in [1.82, 2.24) is 14.9 Å². The Hall–Kier alpha value is -2.18. The highest BCUT2D eigenvalue weighted by Crippen LogP contribution is 2.25. The van der Waals surface area contributed by atoms with Gasteiger partial charge < -0.3 is 14.7 Å². The highest BCUT2D eigenvalue weighted by Gasteiger charge is 2.36. The largest absolute Gasteiger partial charge is 0.490 e. The number of halogens is 1. The van der Waals surface area contributed by atoms with Crippen LogP contribution < -0.4 is 4.74 Å². The zero-order chi connectivity index (χ0) is 17.9. The summed E-state index contributed by atoms with van der Waals surface area (Å²) in [6, 6.07) is 8.61. The number of β-amino-alcohol motifs (C(OH)–C–C–N with tert-alkyl or cyclic N) is 1. The average Bonchev–Trinajstić information content (AvgIpc) is 2.60. The summed E-state index contributed by atoms with van der Waals surface area (Å²) < 4.78 is 5.68. The monoisotopic (exact) mass is 361 g/mol. The van der Waals surface area contributed by atoms with Crippen molar-refractivity contribution in [2.75, 3.05) is 19.7 Å². The molecule has 1 fully saturated rings. The molecule has 1 atom stereocenters. The second-order valence-corrected chi connectivity index (χ2v) is 6.73. The van der Waals surface area contributed by atoms with E-state index in [0.29, 0.717) is 41.7 Å². The van der Waals surface area contributed by atoms with Crippen LogP contribution in [-0.2, 0) is 0 Å². The number of hydrogen-bond donors (Lipinski definition) is 1. The molecule has 7 heteroatoms. The van der Waals surface area contributed by atoms with Crippen LogP contribution in [0.15, 0.2) is 36.5 Å². The number of carbonyl (C=O) groups excluding carboxylic acids is 1. The number of hydrogen-bond acceptors (Lipinski definition) is 5. The Balaban J connectivity index is 1.66. The van der Waals surface area contributed by atoms with E-state index in [0.717, 1.165) is 0 Å². The third-order valence-corrected chi connectivity index (χ3v) is 4.38. The third kappa shape index (κ3) is 4.46. The minimum absolute atomic E-state index is 0.0971. The lowest BCUT2D eigenvalue weighted by molar-refractivity contribution is -0.0533. The van der Waals surface area contributed by atoms with E-state index >= 15 is 0 Å². The van der Waals surface area contributed by atoms with Crippen LogP contribution in [0.3, 0.4) is 0 Å². The van der Waals surface area contributed by atoms with Crippen LogP contribution in [0.2, 0.25) is 5.02 Å². The number of piperidine rings is 1. The maximum absolute atomic E-state index is 12.6. The van der Waals surface area contributed by atoms with Gasteiger partial charge in [0.15, 0.2) is 0 Å². The Morgan fingerprint density at radius 1 is 1.44 bits per heavy atom. The summed E-state index contributed by atoms with van der Waals surface area (Å²) in [5, 5.41) is 11.4. The first-order valence-electron chi connectivity index (χ1n) is 8.15. The van der Waals surface area contributed by atoms with E-state index in [1.54, 1.807) is 48.4 Å². The molecule has 2 heterocycles. The molecule has 25 heavy (non-hydrogen) atoms. The van der Waals surface area contributed by atoms with E-state index in [-0.39, 0.29) is 19.1 Å². The van der Waals surface area contributed by atoms with Crippen molar-refractivity contribution in [3.63, 3.8) is 0 Å². The summed E-state index contributed by atoms with van der Waals surface area (Å²) >= 11 is 5.94. The van der Waals surface area contributed by atoms with Crippen molar-refractivity contribution in [2.24, 2.45) is 0 Å². The summed E-state index contributed by atoms with van der Waals surface area (Å²) in [6.07, 6.45) is 2.83. The maximum Gasteiger partial charge on any atom is 0.272 e. The SMILES string of the molecule is Cc1nccc(C(=O)N2CCCC(O)(COc3cccc(Cl)c3)C2)n1. The lowest BCUT2D eigenvalue weighted by Gasteiger charge is -2.38. The molecule has 0 bridgehead atoms. The van der Waals surface area contributed by atoms with Gasteiger partial charge in [0.25, 0.3) is 5.91 Å². The molecule has 1 aromatic carbocycles. The van der Waals surface area contributed by atoms with E-state index in [2.05, 4.69) is 9.97 Å². The topological polar surface area (TPSA) is 75.6 Å². The van der Waals surface area contributed by atoms with Crippen LogP contribution >= 0.6 is 11.6 Å². The first-order chi connectivity index (χ1) is 12.0. The molecule has 0 radical (unpaired) electrons. The van der Waals surface area contributed by atoms with E-state index < -0.39 is 5.60 Å². The number of likely N-dealkylation sites (tertiary alicyclic amines) is 1. The summed E-state index contributed by atoms with van der Waals surface area (Å²) in [7, 11) is 0. The maximum atomic E-state index is 12.6. The van der Waals surface area contributed by atoms with Gasteiger partial charge >= 0.3 is 0 Å². The lowest BCUT2D eigenvalue weighted by Crippen LogP contribution is -2.53. The Morgan fingerprint density at radius 3 is 3.04 bits per heavy atom. The summed E-state index contributed by atoms with van der Waals surface area (Å²) in [5.74, 6) is 0.935. The first-order valence-corrected chi connectivity index (χ1v) is 8.53. The van der Waals surface area contributed by atoms with Gasteiger partial charge in [-0.05, 0) is 44.0 Å². The molecule has 0 aliphatic carbocycles. The average molecular weight is 362 g/mol. The molecule has 1 aliphatic rings. The quantitative estimate of drug-likeness (QED) is 0.905. The van der Waals surface area contributed by atoms with Gasteiger partial charge in [-0.1, -0.05) is 17.7 Å². The summed E-state index contributed by atoms with van der Waals surface area (Å²) in [5.41, 5.74) is -0.759. The number of aromatic nitrogens is 2. The second kappa shape index (κ2) is 7.37. The van der Waals surface area contributed by atoms with Gasteiger partial charge in [0.2, 0.25) is 0 Å². The van der Waals surface area contributed by atoms with Crippen molar-refractivity contribution in [3.05, 3.63) is 53.1 Å². The highest BCUT2D eigenvalue weighted by molar-refractivity contribution is 6.30. The second-order valence-electron chi connectivity index (χ2n) is 6.29. The Labute approximate surface area is 151 Å². The zero-order valence-corrected chi connectivity index (χ0v) is 14.7. The summed E-state index contributed by atoms with van der Waals surface area (Å²) in [6.45, 7) is 2.62. The fraction of sp³-hybridized carbons (Fsp3) is 0.389. The molecule has 1 aliphatic heterocycles. The van der Waals surface area contributed by atoms with Gasteiger partial charge in [-0.25, -0.2) is 9.97 Å². The van der Waals surface area contributed by atoms with Crippen molar-refractivity contribution >= 4 is 17.5 Å². The minimum Gasteiger partial charge on any atom is -0.490 e. The van der Waals surface area contributed by atoms with Gasteiger partial charge in [-0.2, -0.15) is 0 Å². The number of aliphatic hydroxyl groups is 1. The van der Waals surface area contributed by atoms with E-state index in [9.17, 15) is 9.90 Å². The molecule has 3 rings (SSSR count). The van der Waals surface area contributed by atoms with Crippen molar-refractivity contribution in [1.29, 1.82) is 0 Å². The molecular formula is C18H20ClN3O3. The van der Waals surface area contributed by atoms with Crippen molar-refractivity contribution < 1.29 is 14.6 Å². The number of nitrogens with zero attached hydrogens (tertiary/aromatic N) is 3. The van der Waals surface area contributed by atoms with Crippen LogP contribution in [0.4, 0.5) is 0 Å². The summed E-state index contributed by atoms with van der Waals surface area (Å²) in [4.78, 5) is 22.4. The Bertz CT molecular complexity index is 771. The van der Waals surface area contributed by atoms with Gasteiger partial charge in [0.1, 0.15) is 29.5 Å². The fourth-order valence-electron chi connectivity index (χ4n) is 2.92. The first kappa shape index (κ1) is 17.6. The fourth-order valence-corrected chi connectivity index (χ4v) is 3.10. The number of amides is 1. The normalized spacial score (nSPS) is 20.4. The van der Waals surface area contributed by atoms with Crippen molar-refractivity contribution in [2.45, 2.75) is 25.4 Å². The molecule has 2 aromatic rings. The van der Waals surface area contributed by atoms with E-state index in [1.165, 1.54) is 0 Å². The molecule has 1 N–H and O–H groups in total. The predicted molar refractivity (Wildman–Crippen MR) is 93.8 cm³/mol. The molecule has 1 amide bonds. The number of benzene rings is 1. The number of aryl methyl sites for hydroxylation is 1. The molecule has 6 nitrogen and oxygen atoms in total. The molecule has 0 saturated carbocycles. The number of carbonyl (C=O) groups is 1. The minimum atomic E-state index is -1.10. The van der Waals surface area contributed by atoms with Crippen LogP contribution in [0.5, 0.6) is 5.75 Å². The van der Waals surface area contributed by atoms with E-state index in [4.69, 9.17) is 16.3 Å². The third-order valence-electron chi connectivity index (χ3n) is 4.14. The van der Waals surface area contributed by atoms with Crippen LogP contribution in [0.25, 0.3) is 0 Å². The van der Waals surface area contributed by atoms with Gasteiger partial charge in [-0.15, -0.1) is 0 Å². The smallest absolute Gasteiger partial charge is 0.272 e.